The van der Waals surface area contributed by atoms with Gasteiger partial charge in [0, 0.05) is 18.5 Å². The van der Waals surface area contributed by atoms with Crippen LogP contribution >= 0.6 is 23.7 Å². The molecule has 1 amide bonds. The number of carbonyl (C=O) groups excluding carboxylic acids is 1. The summed E-state index contributed by atoms with van der Waals surface area (Å²) in [5, 5.41) is 5.18. The molecule has 0 aliphatic heterocycles. The van der Waals surface area contributed by atoms with Gasteiger partial charge in [-0.1, -0.05) is 0 Å². The number of nitrogens with two attached hydrogens (primary N) is 1. The Balaban J connectivity index is 0.00000242. The number of nitrogens with zero attached hydrogens (tertiary/aromatic N) is 1. The van der Waals surface area contributed by atoms with Crippen LogP contribution in [0.4, 0.5) is 4.39 Å². The zero-order valence-electron chi connectivity index (χ0n) is 11.8. The van der Waals surface area contributed by atoms with Gasteiger partial charge in [-0.3, -0.25) is 4.79 Å². The molecule has 0 fully saturated rings. The molecule has 0 bridgehead atoms. The van der Waals surface area contributed by atoms with E-state index in [1.54, 1.807) is 17.5 Å². The van der Waals surface area contributed by atoms with Gasteiger partial charge in [0.05, 0.1) is 6.61 Å². The molecule has 5 nitrogen and oxygen atoms in total. The highest BCUT2D eigenvalue weighted by atomic mass is 35.5. The lowest BCUT2D eigenvalue weighted by Gasteiger charge is -2.06. The Labute approximate surface area is 138 Å². The van der Waals surface area contributed by atoms with Crippen LogP contribution in [-0.4, -0.2) is 24.0 Å². The highest BCUT2D eigenvalue weighted by molar-refractivity contribution is 7.09. The van der Waals surface area contributed by atoms with E-state index >= 15 is 0 Å². The Morgan fingerprint density at radius 3 is 2.73 bits per heavy atom. The standard InChI is InChI=1S/C14H16FN3O2S.ClH/c15-10-2-4-11(5-3-10)20-7-1-6-17-14(19)12-9-21-13(8-16)18-12;/h2-5,9H,1,6-8,16H2,(H,17,19);1H. The van der Waals surface area contributed by atoms with E-state index in [0.717, 1.165) is 5.01 Å². The zero-order chi connectivity index (χ0) is 15.1. The number of halogens is 2. The quantitative estimate of drug-likeness (QED) is 0.755. The fourth-order valence-electron chi connectivity index (χ4n) is 1.59. The molecule has 0 saturated carbocycles. The average molecular weight is 346 g/mol. The van der Waals surface area contributed by atoms with Crippen molar-refractivity contribution in [2.45, 2.75) is 13.0 Å². The minimum Gasteiger partial charge on any atom is -0.494 e. The topological polar surface area (TPSA) is 77.2 Å². The van der Waals surface area contributed by atoms with Crippen LogP contribution in [0.25, 0.3) is 0 Å². The van der Waals surface area contributed by atoms with Crippen molar-refractivity contribution in [3.63, 3.8) is 0 Å². The van der Waals surface area contributed by atoms with Crippen molar-refractivity contribution < 1.29 is 13.9 Å². The maximum absolute atomic E-state index is 12.7. The number of ether oxygens (including phenoxy) is 1. The predicted molar refractivity (Wildman–Crippen MR) is 86.1 cm³/mol. The van der Waals surface area contributed by atoms with Crippen LogP contribution < -0.4 is 15.8 Å². The summed E-state index contributed by atoms with van der Waals surface area (Å²) in [6.45, 7) is 1.26. The molecule has 120 valence electrons. The molecule has 0 saturated heterocycles. The average Bonchev–Trinajstić information content (AvgIpc) is 2.98. The summed E-state index contributed by atoms with van der Waals surface area (Å²) < 4.78 is 18.1. The largest absolute Gasteiger partial charge is 0.494 e. The first-order valence-electron chi connectivity index (χ1n) is 6.50. The molecule has 1 heterocycles. The third kappa shape index (κ3) is 5.59. The van der Waals surface area contributed by atoms with E-state index in [4.69, 9.17) is 10.5 Å². The van der Waals surface area contributed by atoms with Gasteiger partial charge in [0.25, 0.3) is 5.91 Å². The molecular formula is C14H17ClFN3O2S. The summed E-state index contributed by atoms with van der Waals surface area (Å²) in [4.78, 5) is 15.9. The third-order valence-corrected chi connectivity index (χ3v) is 3.52. The molecule has 2 rings (SSSR count). The van der Waals surface area contributed by atoms with Gasteiger partial charge in [0.15, 0.2) is 0 Å². The van der Waals surface area contributed by atoms with E-state index in [0.29, 0.717) is 37.6 Å². The lowest BCUT2D eigenvalue weighted by atomic mass is 10.3. The van der Waals surface area contributed by atoms with Crippen molar-refractivity contribution in [3.8, 4) is 5.75 Å². The third-order valence-electron chi connectivity index (χ3n) is 2.65. The Morgan fingerprint density at radius 1 is 1.36 bits per heavy atom. The molecule has 0 radical (unpaired) electrons. The summed E-state index contributed by atoms with van der Waals surface area (Å²) in [5.41, 5.74) is 5.83. The second-order valence-corrected chi connectivity index (χ2v) is 5.19. The highest BCUT2D eigenvalue weighted by Gasteiger charge is 2.09. The highest BCUT2D eigenvalue weighted by Crippen LogP contribution is 2.11. The van der Waals surface area contributed by atoms with Gasteiger partial charge >= 0.3 is 0 Å². The zero-order valence-corrected chi connectivity index (χ0v) is 13.4. The van der Waals surface area contributed by atoms with Gasteiger partial charge in [-0.2, -0.15) is 0 Å². The predicted octanol–water partition coefficient (Wildman–Crippen LogP) is 2.36. The van der Waals surface area contributed by atoms with Crippen molar-refractivity contribution in [2.75, 3.05) is 13.2 Å². The van der Waals surface area contributed by atoms with Crippen molar-refractivity contribution in [1.82, 2.24) is 10.3 Å². The number of thiazole rings is 1. The first kappa shape index (κ1) is 18.3. The van der Waals surface area contributed by atoms with E-state index in [2.05, 4.69) is 10.3 Å². The van der Waals surface area contributed by atoms with Crippen molar-refractivity contribution in [2.24, 2.45) is 5.73 Å². The molecule has 2 aromatic rings. The maximum atomic E-state index is 12.7. The van der Waals surface area contributed by atoms with Crippen LogP contribution in [-0.2, 0) is 6.54 Å². The lowest BCUT2D eigenvalue weighted by Crippen LogP contribution is -2.25. The van der Waals surface area contributed by atoms with Crippen LogP contribution in [0.15, 0.2) is 29.6 Å². The molecule has 0 atom stereocenters. The first-order chi connectivity index (χ1) is 10.2. The van der Waals surface area contributed by atoms with Crippen LogP contribution in [0.3, 0.4) is 0 Å². The Bertz CT molecular complexity index is 592. The molecule has 8 heteroatoms. The molecular weight excluding hydrogens is 329 g/mol. The summed E-state index contributed by atoms with van der Waals surface area (Å²) in [6, 6.07) is 5.82. The van der Waals surface area contributed by atoms with Crippen LogP contribution in [0.1, 0.15) is 21.9 Å². The number of nitrogens with one attached hydrogen (secondary N) is 1. The van der Waals surface area contributed by atoms with E-state index in [1.165, 1.54) is 23.5 Å². The van der Waals surface area contributed by atoms with Crippen molar-refractivity contribution >= 4 is 29.7 Å². The minimum absolute atomic E-state index is 0. The number of carbonyl (C=O) groups is 1. The Kier molecular flexibility index (Phi) is 7.79. The van der Waals surface area contributed by atoms with Crippen molar-refractivity contribution in [3.05, 3.63) is 46.2 Å². The van der Waals surface area contributed by atoms with Gasteiger partial charge in [-0.15, -0.1) is 23.7 Å². The molecule has 0 unspecified atom stereocenters. The van der Waals surface area contributed by atoms with E-state index in [-0.39, 0.29) is 24.1 Å². The van der Waals surface area contributed by atoms with Crippen LogP contribution in [0, 0.1) is 5.82 Å². The number of amides is 1. The van der Waals surface area contributed by atoms with Gasteiger partial charge < -0.3 is 15.8 Å². The second kappa shape index (κ2) is 9.34. The van der Waals surface area contributed by atoms with E-state index in [9.17, 15) is 9.18 Å². The van der Waals surface area contributed by atoms with E-state index < -0.39 is 0 Å². The number of rotatable bonds is 7. The molecule has 1 aromatic heterocycles. The van der Waals surface area contributed by atoms with Gasteiger partial charge in [0.1, 0.15) is 22.3 Å². The number of hydrogen-bond donors (Lipinski definition) is 2. The first-order valence-corrected chi connectivity index (χ1v) is 7.38. The second-order valence-electron chi connectivity index (χ2n) is 4.24. The van der Waals surface area contributed by atoms with E-state index in [1.807, 2.05) is 0 Å². The lowest BCUT2D eigenvalue weighted by molar-refractivity contribution is 0.0947. The Hall–Kier alpha value is -1.70. The molecule has 0 spiro atoms. The van der Waals surface area contributed by atoms with Gasteiger partial charge in [-0.25, -0.2) is 9.37 Å². The fourth-order valence-corrected chi connectivity index (χ4v) is 2.25. The molecule has 0 aliphatic rings. The monoisotopic (exact) mass is 345 g/mol. The van der Waals surface area contributed by atoms with Gasteiger partial charge in [0.2, 0.25) is 0 Å². The van der Waals surface area contributed by atoms with Crippen molar-refractivity contribution in [1.29, 1.82) is 0 Å². The fraction of sp³-hybridized carbons (Fsp3) is 0.286. The molecule has 0 aliphatic carbocycles. The SMILES string of the molecule is Cl.NCc1nc(C(=O)NCCCOc2ccc(F)cc2)cs1. The maximum Gasteiger partial charge on any atom is 0.270 e. The summed E-state index contributed by atoms with van der Waals surface area (Å²) in [7, 11) is 0. The molecule has 3 N–H and O–H groups in total. The summed E-state index contributed by atoms with van der Waals surface area (Å²) in [6.07, 6.45) is 0.650. The van der Waals surface area contributed by atoms with Crippen LogP contribution in [0.5, 0.6) is 5.75 Å². The normalized spacial score (nSPS) is 9.91. The minimum atomic E-state index is -0.297. The summed E-state index contributed by atoms with van der Waals surface area (Å²) >= 11 is 1.37. The molecule has 22 heavy (non-hydrogen) atoms. The smallest absolute Gasteiger partial charge is 0.270 e. The summed E-state index contributed by atoms with van der Waals surface area (Å²) in [5.74, 6) is 0.0947. The number of aromatic nitrogens is 1. The van der Waals surface area contributed by atoms with Crippen LogP contribution in [0.2, 0.25) is 0 Å². The number of hydrogen-bond acceptors (Lipinski definition) is 5. The molecule has 1 aromatic carbocycles. The Morgan fingerprint density at radius 2 is 2.09 bits per heavy atom. The number of benzene rings is 1. The van der Waals surface area contributed by atoms with Gasteiger partial charge in [-0.05, 0) is 30.7 Å².